The fourth-order valence-electron chi connectivity index (χ4n) is 0.968. The highest BCUT2D eigenvalue weighted by molar-refractivity contribution is 6.22. The van der Waals surface area contributed by atoms with Gasteiger partial charge in [0.05, 0.1) is 0 Å². The third-order valence-corrected chi connectivity index (χ3v) is 2.26. The molecule has 0 unspecified atom stereocenters. The van der Waals surface area contributed by atoms with Gasteiger partial charge in [0.15, 0.2) is 0 Å². The third-order valence-electron chi connectivity index (χ3n) is 2.03. The Morgan fingerprint density at radius 2 is 0.857 bits per heavy atom. The zero-order valence-electron chi connectivity index (χ0n) is 9.00. The van der Waals surface area contributed by atoms with Crippen LogP contribution in [0.25, 0.3) is 0 Å². The summed E-state index contributed by atoms with van der Waals surface area (Å²) in [5, 5.41) is -6.42. The summed E-state index contributed by atoms with van der Waals surface area (Å²) in [6.07, 6.45) is -10.1. The molecule has 0 spiro atoms. The van der Waals surface area contributed by atoms with E-state index in [4.69, 9.17) is 0 Å². The predicted molar refractivity (Wildman–Crippen MR) is 41.3 cm³/mol. The Labute approximate surface area is 111 Å². The average Bonchev–Trinajstić information content (AvgIpc) is 2.10. The van der Waals surface area contributed by atoms with Crippen molar-refractivity contribution in [3.05, 3.63) is 0 Å². The maximum Gasteiger partial charge on any atom is 0.395 e. The molecule has 0 amide bonds. The Balaban J connectivity index is 5.89. The summed E-state index contributed by atoms with van der Waals surface area (Å²) in [5.74, 6) is -29.1. The summed E-state index contributed by atoms with van der Waals surface area (Å²) in [4.78, 5) is 0. The van der Waals surface area contributed by atoms with E-state index in [0.29, 0.717) is 0 Å². The van der Waals surface area contributed by atoms with Crippen LogP contribution in [-0.4, -0.2) is 35.2 Å². The normalized spacial score (nSPS) is 16.3. The average molecular weight is 369 g/mol. The lowest BCUT2D eigenvalue weighted by Gasteiger charge is -2.37. The summed E-state index contributed by atoms with van der Waals surface area (Å²) in [5.41, 5.74) is 0. The van der Waals surface area contributed by atoms with E-state index >= 15 is 0 Å². The SMILES string of the molecule is FC(F)(F)CC(F)(F)C(F)(F)C(F)(F)C(F)(F)C(F)(F)Cl. The highest BCUT2D eigenvalue weighted by Gasteiger charge is 2.86. The third kappa shape index (κ3) is 3.42. The molecule has 0 aromatic heterocycles. The molecular formula is C7H2ClF13. The number of hydrogen-bond donors (Lipinski definition) is 0. The summed E-state index contributed by atoms with van der Waals surface area (Å²) in [7, 11) is 0. The van der Waals surface area contributed by atoms with Crippen molar-refractivity contribution >= 4 is 11.6 Å². The van der Waals surface area contributed by atoms with Gasteiger partial charge in [0.1, 0.15) is 6.42 Å². The Morgan fingerprint density at radius 1 is 0.524 bits per heavy atom. The maximum absolute atomic E-state index is 12.7. The Bertz CT molecular complexity index is 375. The van der Waals surface area contributed by atoms with Crippen molar-refractivity contribution in [3.8, 4) is 0 Å². The van der Waals surface area contributed by atoms with Gasteiger partial charge in [0.2, 0.25) is 0 Å². The molecular weight excluding hydrogens is 367 g/mol. The van der Waals surface area contributed by atoms with Gasteiger partial charge in [0, 0.05) is 0 Å². The lowest BCUT2D eigenvalue weighted by Crippen LogP contribution is -2.66. The van der Waals surface area contributed by atoms with Crippen LogP contribution in [0.1, 0.15) is 6.42 Å². The molecule has 128 valence electrons. The molecule has 0 nitrogen and oxygen atoms in total. The zero-order valence-corrected chi connectivity index (χ0v) is 9.75. The molecule has 0 saturated carbocycles. The van der Waals surface area contributed by atoms with Gasteiger partial charge in [-0.3, -0.25) is 0 Å². The minimum absolute atomic E-state index is 3.43. The van der Waals surface area contributed by atoms with Gasteiger partial charge in [-0.05, 0) is 11.6 Å². The predicted octanol–water partition coefficient (Wildman–Crippen LogP) is 5.31. The van der Waals surface area contributed by atoms with E-state index in [1.807, 2.05) is 0 Å². The van der Waals surface area contributed by atoms with Gasteiger partial charge in [0.25, 0.3) is 0 Å². The molecule has 0 aromatic carbocycles. The molecule has 21 heavy (non-hydrogen) atoms. The van der Waals surface area contributed by atoms with Crippen molar-refractivity contribution in [2.45, 2.75) is 41.7 Å². The van der Waals surface area contributed by atoms with Gasteiger partial charge in [-0.15, -0.1) is 0 Å². The first-order valence-corrected chi connectivity index (χ1v) is 4.73. The van der Waals surface area contributed by atoms with E-state index in [2.05, 4.69) is 11.6 Å². The van der Waals surface area contributed by atoms with Crippen LogP contribution in [0.2, 0.25) is 0 Å². The fraction of sp³-hybridized carbons (Fsp3) is 1.00. The first-order valence-electron chi connectivity index (χ1n) is 4.35. The van der Waals surface area contributed by atoms with E-state index in [9.17, 15) is 57.1 Å². The van der Waals surface area contributed by atoms with E-state index < -0.39 is 41.7 Å². The largest absolute Gasteiger partial charge is 0.395 e. The van der Waals surface area contributed by atoms with Crippen LogP contribution < -0.4 is 0 Å². The van der Waals surface area contributed by atoms with Crippen LogP contribution in [0.5, 0.6) is 0 Å². The lowest BCUT2D eigenvalue weighted by molar-refractivity contribution is -0.397. The monoisotopic (exact) mass is 368 g/mol. The summed E-state index contributed by atoms with van der Waals surface area (Å²) >= 11 is 3.43. The number of halogens is 14. The molecule has 0 aliphatic rings. The molecule has 0 radical (unpaired) electrons. The van der Waals surface area contributed by atoms with Crippen LogP contribution in [0.3, 0.4) is 0 Å². The Morgan fingerprint density at radius 3 is 1.10 bits per heavy atom. The molecule has 0 aromatic rings. The quantitative estimate of drug-likeness (QED) is 0.456. The maximum atomic E-state index is 12.7. The Kier molecular flexibility index (Phi) is 4.80. The topological polar surface area (TPSA) is 0 Å². The summed E-state index contributed by atoms with van der Waals surface area (Å²) in [6.45, 7) is 0. The van der Waals surface area contributed by atoms with Gasteiger partial charge >= 0.3 is 35.2 Å². The molecule has 0 rings (SSSR count). The fourth-order valence-corrected chi connectivity index (χ4v) is 1.09. The summed E-state index contributed by atoms with van der Waals surface area (Å²) < 4.78 is 159. The second-order valence-corrected chi connectivity index (χ2v) is 4.19. The minimum Gasteiger partial charge on any atom is -0.199 e. The number of hydrogen-bond acceptors (Lipinski definition) is 0. The molecule has 0 bridgehead atoms. The summed E-state index contributed by atoms with van der Waals surface area (Å²) in [6, 6.07) is 0. The molecule has 0 fully saturated rings. The van der Waals surface area contributed by atoms with E-state index in [-0.39, 0.29) is 0 Å². The second kappa shape index (κ2) is 4.95. The first-order chi connectivity index (χ1) is 8.71. The van der Waals surface area contributed by atoms with Crippen molar-refractivity contribution in [2.24, 2.45) is 0 Å². The molecule has 0 saturated heterocycles. The first kappa shape index (κ1) is 20.4. The van der Waals surface area contributed by atoms with Crippen molar-refractivity contribution in [1.82, 2.24) is 0 Å². The highest BCUT2D eigenvalue weighted by Crippen LogP contribution is 2.59. The highest BCUT2D eigenvalue weighted by atomic mass is 35.5. The van der Waals surface area contributed by atoms with Crippen molar-refractivity contribution in [3.63, 3.8) is 0 Å². The van der Waals surface area contributed by atoms with Gasteiger partial charge in [-0.25, -0.2) is 0 Å². The van der Waals surface area contributed by atoms with E-state index in [1.54, 1.807) is 0 Å². The van der Waals surface area contributed by atoms with Crippen molar-refractivity contribution in [1.29, 1.82) is 0 Å². The Hall–Kier alpha value is -0.620. The molecule has 0 N–H and O–H groups in total. The van der Waals surface area contributed by atoms with Crippen LogP contribution in [-0.2, 0) is 0 Å². The second-order valence-electron chi connectivity index (χ2n) is 3.72. The van der Waals surface area contributed by atoms with Crippen molar-refractivity contribution < 1.29 is 57.1 Å². The smallest absolute Gasteiger partial charge is 0.199 e. The van der Waals surface area contributed by atoms with Crippen LogP contribution in [0.15, 0.2) is 0 Å². The molecule has 0 aliphatic heterocycles. The molecule has 0 atom stereocenters. The standard InChI is InChI=1S/C7H2ClF13/c8-7(20,21)6(18,19)5(16,17)4(14,15)2(9,10)1-3(11,12)13/h1H2. The molecule has 0 heterocycles. The number of rotatable bonds is 5. The van der Waals surface area contributed by atoms with Crippen molar-refractivity contribution in [2.75, 3.05) is 0 Å². The molecule has 0 aliphatic carbocycles. The van der Waals surface area contributed by atoms with E-state index in [1.165, 1.54) is 0 Å². The van der Waals surface area contributed by atoms with Gasteiger partial charge in [-0.1, -0.05) is 0 Å². The zero-order chi connectivity index (χ0) is 17.7. The number of alkyl halides is 14. The van der Waals surface area contributed by atoms with Crippen LogP contribution in [0.4, 0.5) is 57.1 Å². The van der Waals surface area contributed by atoms with Crippen LogP contribution >= 0.6 is 11.6 Å². The van der Waals surface area contributed by atoms with Gasteiger partial charge < -0.3 is 0 Å². The lowest BCUT2D eigenvalue weighted by atomic mass is 9.96. The van der Waals surface area contributed by atoms with Crippen LogP contribution in [0, 0.1) is 0 Å². The van der Waals surface area contributed by atoms with Gasteiger partial charge in [-0.2, -0.15) is 57.1 Å². The van der Waals surface area contributed by atoms with E-state index in [0.717, 1.165) is 0 Å². The minimum atomic E-state index is -7.57. The molecule has 14 heteroatoms.